The first kappa shape index (κ1) is 39.8. The van der Waals surface area contributed by atoms with E-state index < -0.39 is 16.4 Å². The number of carbonyl (C=O) groups excluding carboxylic acids is 2. The number of benzene rings is 5. The Morgan fingerprint density at radius 3 is 1.85 bits per heavy atom. The summed E-state index contributed by atoms with van der Waals surface area (Å²) in [4.78, 5) is 25.8. The average molecular weight is 750 g/mol. The number of hydrogen-bond acceptors (Lipinski definition) is 8. The number of anilines is 1. The van der Waals surface area contributed by atoms with Gasteiger partial charge in [0.2, 0.25) is 0 Å². The van der Waals surface area contributed by atoms with Gasteiger partial charge in [-0.25, -0.2) is 4.79 Å². The molecule has 0 bridgehead atoms. The van der Waals surface area contributed by atoms with Gasteiger partial charge in [-0.1, -0.05) is 121 Å². The maximum atomic E-state index is 13.3. The van der Waals surface area contributed by atoms with Crippen molar-refractivity contribution in [3.63, 3.8) is 0 Å². The van der Waals surface area contributed by atoms with Gasteiger partial charge >= 0.3 is 12.1 Å². The van der Waals surface area contributed by atoms with E-state index in [-0.39, 0.29) is 18.1 Å². The molecule has 0 spiro atoms. The van der Waals surface area contributed by atoms with Crippen LogP contribution in [-0.2, 0) is 25.6 Å². The van der Waals surface area contributed by atoms with Gasteiger partial charge in [0.25, 0.3) is 0 Å². The number of amides is 1. The summed E-state index contributed by atoms with van der Waals surface area (Å²) in [6, 6.07) is 43.5. The van der Waals surface area contributed by atoms with Crippen molar-refractivity contribution in [2.24, 2.45) is 0 Å². The van der Waals surface area contributed by atoms with E-state index in [0.29, 0.717) is 25.3 Å². The quantitative estimate of drug-likeness (QED) is 0.0641. The highest BCUT2D eigenvalue weighted by Crippen LogP contribution is 2.48. The van der Waals surface area contributed by atoms with Crippen LogP contribution in [0.15, 0.2) is 127 Å². The molecule has 0 unspecified atom stereocenters. The Labute approximate surface area is 323 Å². The summed E-state index contributed by atoms with van der Waals surface area (Å²) < 4.78 is 10.3. The van der Waals surface area contributed by atoms with E-state index in [0.717, 1.165) is 44.5 Å². The van der Waals surface area contributed by atoms with Crippen molar-refractivity contribution in [2.45, 2.75) is 56.2 Å². The highest BCUT2D eigenvalue weighted by atomic mass is 32.2. The molecule has 0 aliphatic rings. The number of methoxy groups -OCH3 is 1. The van der Waals surface area contributed by atoms with Gasteiger partial charge in [0.05, 0.1) is 17.9 Å². The Kier molecular flexibility index (Phi) is 14.3. The van der Waals surface area contributed by atoms with Crippen LogP contribution in [0, 0.1) is 0 Å². The molecule has 0 radical (unpaired) electrons. The smallest absolute Gasteiger partial charge is 0.407 e. The monoisotopic (exact) mass is 749 g/mol. The standard InChI is InChI=1S/C44H51N3O4S2/c1-43(2,3)51-42(49)47-36(31-53-44(33-18-9-6-10-19-33,34-20-11-7-12-21-34)35-22-13-8-14-23-35)30-46-39-26-16-24-37-32(17-15-25-38(37)39)29-45-40(27-28-52-5)41(48)50-4/h6-26,36,40,45-46H,27-31H2,1-5H3,(H,47,49)/t36-,40+/m1/s1. The molecule has 0 aromatic heterocycles. The molecule has 7 nitrogen and oxygen atoms in total. The Morgan fingerprint density at radius 1 is 0.736 bits per heavy atom. The predicted octanol–water partition coefficient (Wildman–Crippen LogP) is 9.25. The van der Waals surface area contributed by atoms with E-state index >= 15 is 0 Å². The van der Waals surface area contributed by atoms with Gasteiger partial charge in [0, 0.05) is 29.9 Å². The zero-order valence-electron chi connectivity index (χ0n) is 31.3. The Hall–Kier alpha value is -4.44. The van der Waals surface area contributed by atoms with Gasteiger partial charge in [0.1, 0.15) is 11.6 Å². The summed E-state index contributed by atoms with van der Waals surface area (Å²) in [6.45, 7) is 6.60. The molecule has 0 heterocycles. The molecule has 0 fully saturated rings. The fourth-order valence-corrected chi connectivity index (χ4v) is 8.48. The molecule has 53 heavy (non-hydrogen) atoms. The fourth-order valence-electron chi connectivity index (χ4n) is 6.45. The van der Waals surface area contributed by atoms with Gasteiger partial charge in [-0.2, -0.15) is 11.8 Å². The van der Waals surface area contributed by atoms with E-state index in [1.165, 1.54) is 7.11 Å². The van der Waals surface area contributed by atoms with Gasteiger partial charge in [0.15, 0.2) is 0 Å². The fraction of sp³-hybridized carbons (Fsp3) is 0.318. The zero-order valence-corrected chi connectivity index (χ0v) is 32.9. The Morgan fingerprint density at radius 2 is 1.30 bits per heavy atom. The second kappa shape index (κ2) is 19.1. The topological polar surface area (TPSA) is 88.7 Å². The lowest BCUT2D eigenvalue weighted by Gasteiger charge is -2.37. The molecule has 5 rings (SSSR count). The number of rotatable bonds is 17. The second-order valence-electron chi connectivity index (χ2n) is 13.9. The number of esters is 1. The molecular formula is C44H51N3O4S2. The third kappa shape index (κ3) is 10.6. The van der Waals surface area contributed by atoms with Gasteiger partial charge in [-0.3, -0.25) is 4.79 Å². The maximum Gasteiger partial charge on any atom is 0.407 e. The SMILES string of the molecule is COC(=O)[C@H](CCSC)NCc1cccc2c(NC[C@H](CSC(c3ccccc3)(c3ccccc3)c3ccccc3)NC(=O)OC(C)(C)C)cccc12. The molecular weight excluding hydrogens is 699 g/mol. The molecule has 278 valence electrons. The number of ether oxygens (including phenoxy) is 2. The molecule has 3 N–H and O–H groups in total. The average Bonchev–Trinajstić information content (AvgIpc) is 3.17. The predicted molar refractivity (Wildman–Crippen MR) is 223 cm³/mol. The summed E-state index contributed by atoms with van der Waals surface area (Å²) >= 11 is 3.51. The third-order valence-corrected chi connectivity index (χ3v) is 11.3. The Balaban J connectivity index is 1.44. The first-order valence-electron chi connectivity index (χ1n) is 18.0. The van der Waals surface area contributed by atoms with Crippen LogP contribution >= 0.6 is 23.5 Å². The summed E-state index contributed by atoms with van der Waals surface area (Å²) in [7, 11) is 1.43. The van der Waals surface area contributed by atoms with Gasteiger partial charge < -0.3 is 25.4 Å². The van der Waals surface area contributed by atoms with Crippen LogP contribution in [0.3, 0.4) is 0 Å². The van der Waals surface area contributed by atoms with Crippen LogP contribution in [0.2, 0.25) is 0 Å². The number of nitrogens with one attached hydrogen (secondary N) is 3. The van der Waals surface area contributed by atoms with Crippen LogP contribution in [0.5, 0.6) is 0 Å². The van der Waals surface area contributed by atoms with Crippen molar-refractivity contribution in [2.75, 3.05) is 36.7 Å². The van der Waals surface area contributed by atoms with Crippen LogP contribution in [0.25, 0.3) is 10.8 Å². The minimum absolute atomic E-state index is 0.251. The summed E-state index contributed by atoms with van der Waals surface area (Å²) in [5.74, 6) is 1.19. The lowest BCUT2D eigenvalue weighted by molar-refractivity contribution is -0.143. The van der Waals surface area contributed by atoms with Crippen LogP contribution in [-0.4, -0.2) is 61.2 Å². The first-order valence-corrected chi connectivity index (χ1v) is 20.4. The van der Waals surface area contributed by atoms with Crippen molar-refractivity contribution in [3.8, 4) is 0 Å². The minimum atomic E-state index is -0.639. The Bertz CT molecular complexity index is 1810. The van der Waals surface area contributed by atoms with Crippen LogP contribution in [0.1, 0.15) is 49.4 Å². The van der Waals surface area contributed by atoms with Crippen molar-refractivity contribution in [1.29, 1.82) is 0 Å². The number of fused-ring (bicyclic) bond motifs is 1. The van der Waals surface area contributed by atoms with Crippen LogP contribution in [0.4, 0.5) is 10.5 Å². The molecule has 1 amide bonds. The third-order valence-electron chi connectivity index (χ3n) is 8.95. The van der Waals surface area contributed by atoms with E-state index in [2.05, 4.69) is 113 Å². The van der Waals surface area contributed by atoms with Gasteiger partial charge in [-0.05, 0) is 72.9 Å². The summed E-state index contributed by atoms with van der Waals surface area (Å²) in [5.41, 5.74) is 4.87. The van der Waals surface area contributed by atoms with Crippen molar-refractivity contribution < 1.29 is 19.1 Å². The molecule has 9 heteroatoms. The number of hydrogen-bond donors (Lipinski definition) is 3. The maximum absolute atomic E-state index is 13.3. The number of alkyl carbamates (subject to hydrolysis) is 1. The normalized spacial score (nSPS) is 12.8. The van der Waals surface area contributed by atoms with Crippen molar-refractivity contribution in [1.82, 2.24) is 10.6 Å². The van der Waals surface area contributed by atoms with Crippen molar-refractivity contribution >= 4 is 52.0 Å². The number of carbonyl (C=O) groups is 2. The molecule has 0 aliphatic heterocycles. The minimum Gasteiger partial charge on any atom is -0.468 e. The van der Waals surface area contributed by atoms with Gasteiger partial charge in [-0.15, -0.1) is 11.8 Å². The largest absolute Gasteiger partial charge is 0.468 e. The second-order valence-corrected chi connectivity index (χ2v) is 16.1. The lowest BCUT2D eigenvalue weighted by atomic mass is 9.84. The van der Waals surface area contributed by atoms with E-state index in [1.807, 2.05) is 57.4 Å². The summed E-state index contributed by atoms with van der Waals surface area (Å²) in [5, 5.41) is 12.4. The van der Waals surface area contributed by atoms with E-state index in [9.17, 15) is 9.59 Å². The van der Waals surface area contributed by atoms with Crippen molar-refractivity contribution in [3.05, 3.63) is 150 Å². The van der Waals surface area contributed by atoms with Crippen LogP contribution < -0.4 is 16.0 Å². The number of thioether (sulfide) groups is 2. The lowest BCUT2D eigenvalue weighted by Crippen LogP contribution is -2.45. The molecule has 5 aromatic rings. The molecule has 2 atom stereocenters. The molecule has 0 saturated carbocycles. The highest BCUT2D eigenvalue weighted by molar-refractivity contribution is 8.00. The zero-order chi connectivity index (χ0) is 37.7. The highest BCUT2D eigenvalue weighted by Gasteiger charge is 2.38. The van der Waals surface area contributed by atoms with E-state index in [4.69, 9.17) is 9.47 Å². The first-order chi connectivity index (χ1) is 25.6. The molecule has 0 saturated heterocycles. The molecule has 5 aromatic carbocycles. The summed E-state index contributed by atoms with van der Waals surface area (Å²) in [6.07, 6.45) is 2.27. The van der Waals surface area contributed by atoms with E-state index in [1.54, 1.807) is 23.5 Å². The molecule has 0 aliphatic carbocycles.